The average Bonchev–Trinajstić information content (AvgIpc) is 3.09. The number of nitro groups is 1. The summed E-state index contributed by atoms with van der Waals surface area (Å²) in [5, 5.41) is 16.7. The second-order valence-corrected chi connectivity index (χ2v) is 6.80. The van der Waals surface area contributed by atoms with E-state index >= 15 is 0 Å². The van der Waals surface area contributed by atoms with Crippen LogP contribution < -0.4 is 10.7 Å². The van der Waals surface area contributed by atoms with Crippen molar-refractivity contribution in [3.8, 4) is 0 Å². The number of benzene rings is 1. The van der Waals surface area contributed by atoms with Gasteiger partial charge in [-0.3, -0.25) is 4.79 Å². The molecule has 0 bridgehead atoms. The molecule has 3 heterocycles. The van der Waals surface area contributed by atoms with Crippen molar-refractivity contribution in [2.75, 3.05) is 32.5 Å². The molecule has 0 aliphatic carbocycles. The van der Waals surface area contributed by atoms with Gasteiger partial charge in [0.1, 0.15) is 11.3 Å². The topological polar surface area (TPSA) is 92.8 Å². The first-order valence-electron chi connectivity index (χ1n) is 8.70. The molecule has 0 saturated heterocycles. The number of pyridine rings is 2. The molecule has 1 aromatic carbocycles. The van der Waals surface area contributed by atoms with Crippen LogP contribution in [0.3, 0.4) is 0 Å². The number of hydrogen-bond acceptors (Lipinski definition) is 6. The van der Waals surface area contributed by atoms with Gasteiger partial charge in [-0.25, -0.2) is 4.98 Å². The van der Waals surface area contributed by atoms with E-state index in [4.69, 9.17) is 0 Å². The van der Waals surface area contributed by atoms with Crippen LogP contribution in [0.5, 0.6) is 0 Å². The molecule has 3 aromatic heterocycles. The normalized spacial score (nSPS) is 11.8. The Balaban J connectivity index is 1.93. The van der Waals surface area contributed by atoms with Crippen LogP contribution in [0.4, 0.5) is 11.6 Å². The monoisotopic (exact) mass is 365 g/mol. The smallest absolute Gasteiger partial charge is 0.328 e. The van der Waals surface area contributed by atoms with Gasteiger partial charge in [-0.05, 0) is 44.1 Å². The maximum absolute atomic E-state index is 12.9. The maximum Gasteiger partial charge on any atom is 0.328 e. The van der Waals surface area contributed by atoms with Crippen molar-refractivity contribution in [2.24, 2.45) is 0 Å². The molecule has 0 amide bonds. The van der Waals surface area contributed by atoms with Gasteiger partial charge >= 0.3 is 5.82 Å². The highest BCUT2D eigenvalue weighted by molar-refractivity contribution is 6.13. The van der Waals surface area contributed by atoms with E-state index < -0.39 is 4.92 Å². The molecule has 8 heteroatoms. The number of anilines is 1. The molecule has 1 N–H and O–H groups in total. The van der Waals surface area contributed by atoms with E-state index in [0.29, 0.717) is 22.1 Å². The molecule has 0 fully saturated rings. The van der Waals surface area contributed by atoms with Gasteiger partial charge < -0.3 is 20.3 Å². The van der Waals surface area contributed by atoms with E-state index in [1.165, 1.54) is 16.5 Å². The summed E-state index contributed by atoms with van der Waals surface area (Å²) in [7, 11) is 4.04. The van der Waals surface area contributed by atoms with Gasteiger partial charge in [-0.15, -0.1) is 0 Å². The van der Waals surface area contributed by atoms with Crippen LogP contribution in [0.15, 0.2) is 41.3 Å². The molecule has 4 aromatic rings. The zero-order valence-electron chi connectivity index (χ0n) is 15.1. The second kappa shape index (κ2) is 6.48. The Morgan fingerprint density at radius 1 is 1.19 bits per heavy atom. The Hall–Kier alpha value is -3.26. The lowest BCUT2D eigenvalue weighted by molar-refractivity contribution is -0.390. The quantitative estimate of drug-likeness (QED) is 0.321. The molecule has 0 spiro atoms. The van der Waals surface area contributed by atoms with Crippen molar-refractivity contribution >= 4 is 38.8 Å². The van der Waals surface area contributed by atoms with Crippen LogP contribution in [0.1, 0.15) is 6.42 Å². The molecular weight excluding hydrogens is 346 g/mol. The zero-order valence-corrected chi connectivity index (χ0v) is 15.1. The molecule has 0 saturated carbocycles. The lowest BCUT2D eigenvalue weighted by atomic mass is 10.1. The lowest BCUT2D eigenvalue weighted by Crippen LogP contribution is -2.17. The van der Waals surface area contributed by atoms with Crippen molar-refractivity contribution in [3.05, 3.63) is 56.9 Å². The minimum Gasteiger partial charge on any atom is -0.370 e. The second-order valence-electron chi connectivity index (χ2n) is 6.80. The van der Waals surface area contributed by atoms with E-state index in [1.54, 1.807) is 12.3 Å². The fourth-order valence-corrected chi connectivity index (χ4v) is 3.52. The molecule has 138 valence electrons. The number of nitrogens with one attached hydrogen (secondary N) is 1. The third-order valence-corrected chi connectivity index (χ3v) is 4.73. The highest BCUT2D eigenvalue weighted by Crippen LogP contribution is 2.32. The highest BCUT2D eigenvalue weighted by atomic mass is 16.6. The molecule has 8 nitrogen and oxygen atoms in total. The van der Waals surface area contributed by atoms with Gasteiger partial charge in [0.05, 0.1) is 5.39 Å². The van der Waals surface area contributed by atoms with Crippen molar-refractivity contribution in [3.63, 3.8) is 0 Å². The van der Waals surface area contributed by atoms with Crippen molar-refractivity contribution in [2.45, 2.75) is 6.42 Å². The van der Waals surface area contributed by atoms with Crippen LogP contribution in [-0.4, -0.2) is 46.4 Å². The van der Waals surface area contributed by atoms with E-state index in [-0.39, 0.29) is 16.8 Å². The summed E-state index contributed by atoms with van der Waals surface area (Å²) in [6.07, 6.45) is 2.51. The molecule has 0 aliphatic heterocycles. The largest absolute Gasteiger partial charge is 0.370 e. The summed E-state index contributed by atoms with van der Waals surface area (Å²) in [5.74, 6) is 0.564. The van der Waals surface area contributed by atoms with Gasteiger partial charge in [-0.2, -0.15) is 4.40 Å². The lowest BCUT2D eigenvalue weighted by Gasteiger charge is -2.13. The Morgan fingerprint density at radius 2 is 2.00 bits per heavy atom. The first-order valence-corrected chi connectivity index (χ1v) is 8.70. The number of rotatable bonds is 6. The van der Waals surface area contributed by atoms with Crippen molar-refractivity contribution in [1.29, 1.82) is 0 Å². The van der Waals surface area contributed by atoms with E-state index in [9.17, 15) is 14.9 Å². The fourth-order valence-electron chi connectivity index (χ4n) is 3.52. The molecular formula is C19H19N5O3. The number of fused-ring (bicyclic) bond motifs is 2. The fraction of sp³-hybridized carbons (Fsp3) is 0.263. The minimum atomic E-state index is -0.470. The summed E-state index contributed by atoms with van der Waals surface area (Å²) in [5.41, 5.74) is 0.668. The summed E-state index contributed by atoms with van der Waals surface area (Å²) in [4.78, 5) is 30.4. The van der Waals surface area contributed by atoms with Crippen molar-refractivity contribution in [1.82, 2.24) is 14.3 Å². The number of nitrogens with zero attached hydrogens (tertiary/aromatic N) is 4. The molecule has 0 radical (unpaired) electrons. The SMILES string of the molecule is CN(C)CCCNc1ncc2c(=O)c3ccc([N+](=O)[O-])n3c3cccc1c23. The predicted molar refractivity (Wildman–Crippen MR) is 106 cm³/mol. The Kier molecular flexibility index (Phi) is 4.12. The Bertz CT molecular complexity index is 1210. The molecule has 0 atom stereocenters. The van der Waals surface area contributed by atoms with Gasteiger partial charge in [-0.1, -0.05) is 12.1 Å². The minimum absolute atomic E-state index is 0.117. The zero-order chi connectivity index (χ0) is 19.1. The van der Waals surface area contributed by atoms with Gasteiger partial charge in [0.2, 0.25) is 5.43 Å². The first-order chi connectivity index (χ1) is 13.0. The first kappa shape index (κ1) is 17.2. The average molecular weight is 365 g/mol. The van der Waals surface area contributed by atoms with Crippen LogP contribution in [0, 0.1) is 10.1 Å². The summed E-state index contributed by atoms with van der Waals surface area (Å²) in [6, 6.07) is 8.38. The summed E-state index contributed by atoms with van der Waals surface area (Å²) >= 11 is 0. The summed E-state index contributed by atoms with van der Waals surface area (Å²) < 4.78 is 1.42. The van der Waals surface area contributed by atoms with Crippen LogP contribution in [-0.2, 0) is 0 Å². The molecule has 0 unspecified atom stereocenters. The maximum atomic E-state index is 12.9. The Labute approximate surface area is 154 Å². The predicted octanol–water partition coefficient (Wildman–Crippen LogP) is 2.71. The third-order valence-electron chi connectivity index (χ3n) is 4.73. The van der Waals surface area contributed by atoms with Gasteiger partial charge in [0, 0.05) is 29.6 Å². The Morgan fingerprint density at radius 3 is 2.74 bits per heavy atom. The van der Waals surface area contributed by atoms with Crippen molar-refractivity contribution < 1.29 is 4.92 Å². The van der Waals surface area contributed by atoms with Gasteiger partial charge in [0.25, 0.3) is 0 Å². The molecule has 4 rings (SSSR count). The van der Waals surface area contributed by atoms with Crippen LogP contribution >= 0.6 is 0 Å². The van der Waals surface area contributed by atoms with E-state index in [1.807, 2.05) is 26.2 Å². The van der Waals surface area contributed by atoms with Crippen LogP contribution in [0.2, 0.25) is 0 Å². The summed E-state index contributed by atoms with van der Waals surface area (Å²) in [6.45, 7) is 1.69. The standard InChI is InChI=1S/C19H19N5O3/c1-22(2)10-4-9-20-19-12-5-3-6-14-17(12)13(11-21-19)18(25)15-7-8-16(23(14)15)24(26)27/h3,5-8,11H,4,9-10H2,1-2H3,(H,20,21). The number of hydrogen-bond donors (Lipinski definition) is 1. The van der Waals surface area contributed by atoms with E-state index in [0.717, 1.165) is 24.9 Å². The van der Waals surface area contributed by atoms with Gasteiger partial charge in [0.15, 0.2) is 5.52 Å². The highest BCUT2D eigenvalue weighted by Gasteiger charge is 2.22. The third kappa shape index (κ3) is 2.74. The van der Waals surface area contributed by atoms with E-state index in [2.05, 4.69) is 15.2 Å². The molecule has 27 heavy (non-hydrogen) atoms. The van der Waals surface area contributed by atoms with Crippen LogP contribution in [0.25, 0.3) is 27.2 Å². The number of aromatic nitrogens is 2. The molecule has 0 aliphatic rings.